The zero-order chi connectivity index (χ0) is 17.4. The largest absolute Gasteiger partial charge is 0.486 e. The molecule has 4 rings (SSSR count). The van der Waals surface area contributed by atoms with E-state index in [1.807, 2.05) is 25.1 Å². The lowest BCUT2D eigenvalue weighted by Gasteiger charge is -2.21. The molecule has 1 aliphatic heterocycles. The molecule has 3 aromatic rings. The Bertz CT molecular complexity index is 951. The van der Waals surface area contributed by atoms with Crippen molar-refractivity contribution in [3.63, 3.8) is 0 Å². The van der Waals surface area contributed by atoms with Crippen molar-refractivity contribution in [2.75, 3.05) is 13.2 Å². The molecule has 1 atom stereocenters. The summed E-state index contributed by atoms with van der Waals surface area (Å²) in [7, 11) is 0. The van der Waals surface area contributed by atoms with E-state index in [2.05, 4.69) is 10.3 Å². The van der Waals surface area contributed by atoms with Crippen LogP contribution in [0.3, 0.4) is 0 Å². The van der Waals surface area contributed by atoms with Crippen molar-refractivity contribution in [1.29, 1.82) is 0 Å². The number of carbonyl (C=O) groups excluding carboxylic acids is 1. The minimum atomic E-state index is -0.354. The van der Waals surface area contributed by atoms with Gasteiger partial charge in [0.1, 0.15) is 24.7 Å². The first-order valence-corrected chi connectivity index (χ1v) is 8.09. The van der Waals surface area contributed by atoms with Crippen LogP contribution in [0.1, 0.15) is 29.0 Å². The molecule has 2 N–H and O–H groups in total. The van der Waals surface area contributed by atoms with E-state index in [1.54, 1.807) is 12.1 Å². The van der Waals surface area contributed by atoms with Crippen molar-refractivity contribution in [3.05, 3.63) is 59.5 Å². The number of ether oxygens (including phenoxy) is 2. The molecule has 1 amide bonds. The van der Waals surface area contributed by atoms with Crippen molar-refractivity contribution in [1.82, 2.24) is 10.3 Å². The molecule has 1 aromatic heterocycles. The van der Waals surface area contributed by atoms with Crippen molar-refractivity contribution < 1.29 is 18.7 Å². The van der Waals surface area contributed by atoms with Crippen LogP contribution < -0.4 is 14.8 Å². The average Bonchev–Trinajstić information content (AvgIpc) is 3.07. The minimum absolute atomic E-state index is 0.236. The maximum atomic E-state index is 13.8. The summed E-state index contributed by atoms with van der Waals surface area (Å²) in [5, 5.41) is 3.31. The number of nitrogens with one attached hydrogen (secondary N) is 2. The summed E-state index contributed by atoms with van der Waals surface area (Å²) in [5.41, 5.74) is 1.82. The number of hydrogen-bond acceptors (Lipinski definition) is 3. The lowest BCUT2D eigenvalue weighted by molar-refractivity contribution is 0.0935. The smallest absolute Gasteiger partial charge is 0.268 e. The fourth-order valence-corrected chi connectivity index (χ4v) is 2.93. The third kappa shape index (κ3) is 2.91. The van der Waals surface area contributed by atoms with Crippen LogP contribution in [-0.2, 0) is 0 Å². The summed E-state index contributed by atoms with van der Waals surface area (Å²) < 4.78 is 24.8. The molecule has 1 aliphatic rings. The predicted molar refractivity (Wildman–Crippen MR) is 91.6 cm³/mol. The summed E-state index contributed by atoms with van der Waals surface area (Å²) in [4.78, 5) is 15.4. The fourth-order valence-electron chi connectivity index (χ4n) is 2.93. The Morgan fingerprint density at radius 2 is 1.96 bits per heavy atom. The molecule has 5 nitrogen and oxygen atoms in total. The number of rotatable bonds is 3. The lowest BCUT2D eigenvalue weighted by atomic mass is 10.1. The summed E-state index contributed by atoms with van der Waals surface area (Å²) in [6, 6.07) is 11.6. The Balaban J connectivity index is 1.54. The van der Waals surface area contributed by atoms with Gasteiger partial charge in [-0.25, -0.2) is 4.39 Å². The number of H-pyrrole nitrogens is 1. The summed E-state index contributed by atoms with van der Waals surface area (Å²) in [6.07, 6.45) is 0. The highest BCUT2D eigenvalue weighted by atomic mass is 19.1. The first-order valence-electron chi connectivity index (χ1n) is 8.09. The molecule has 6 heteroatoms. The van der Waals surface area contributed by atoms with E-state index in [0.29, 0.717) is 41.3 Å². The van der Waals surface area contributed by atoms with Crippen molar-refractivity contribution >= 4 is 16.8 Å². The van der Waals surface area contributed by atoms with Crippen LogP contribution in [0.5, 0.6) is 11.5 Å². The molecular weight excluding hydrogens is 323 g/mol. The van der Waals surface area contributed by atoms with Gasteiger partial charge >= 0.3 is 0 Å². The molecule has 0 spiro atoms. The van der Waals surface area contributed by atoms with E-state index in [4.69, 9.17) is 9.47 Å². The Kier molecular flexibility index (Phi) is 3.80. The van der Waals surface area contributed by atoms with Gasteiger partial charge in [0, 0.05) is 10.9 Å². The molecule has 0 radical (unpaired) electrons. The second-order valence-corrected chi connectivity index (χ2v) is 5.98. The Morgan fingerprint density at radius 3 is 2.76 bits per heavy atom. The number of fused-ring (bicyclic) bond motifs is 2. The van der Waals surface area contributed by atoms with E-state index < -0.39 is 0 Å². The van der Waals surface area contributed by atoms with E-state index in [0.717, 1.165) is 5.56 Å². The molecule has 0 saturated carbocycles. The summed E-state index contributed by atoms with van der Waals surface area (Å²) >= 11 is 0. The molecule has 128 valence electrons. The third-order valence-electron chi connectivity index (χ3n) is 4.27. The van der Waals surface area contributed by atoms with Gasteiger partial charge in [-0.15, -0.1) is 0 Å². The van der Waals surface area contributed by atoms with Crippen LogP contribution >= 0.6 is 0 Å². The number of amides is 1. The molecule has 1 unspecified atom stereocenters. The van der Waals surface area contributed by atoms with E-state index in [1.165, 1.54) is 12.1 Å². The average molecular weight is 340 g/mol. The van der Waals surface area contributed by atoms with Crippen LogP contribution in [0, 0.1) is 5.82 Å². The quantitative estimate of drug-likeness (QED) is 0.766. The monoisotopic (exact) mass is 340 g/mol. The van der Waals surface area contributed by atoms with Gasteiger partial charge in [0.2, 0.25) is 0 Å². The number of aromatic nitrogens is 1. The lowest BCUT2D eigenvalue weighted by Crippen LogP contribution is -2.27. The second-order valence-electron chi connectivity index (χ2n) is 5.98. The van der Waals surface area contributed by atoms with E-state index >= 15 is 0 Å². The molecule has 2 aromatic carbocycles. The van der Waals surface area contributed by atoms with Gasteiger partial charge in [-0.1, -0.05) is 12.1 Å². The van der Waals surface area contributed by atoms with Gasteiger partial charge in [0.25, 0.3) is 5.91 Å². The van der Waals surface area contributed by atoms with Crippen molar-refractivity contribution in [3.8, 4) is 11.5 Å². The first-order chi connectivity index (χ1) is 12.1. The Morgan fingerprint density at radius 1 is 1.16 bits per heavy atom. The molecule has 0 saturated heterocycles. The van der Waals surface area contributed by atoms with Gasteiger partial charge in [-0.3, -0.25) is 4.79 Å². The number of carbonyl (C=O) groups is 1. The first kappa shape index (κ1) is 15.5. The third-order valence-corrected chi connectivity index (χ3v) is 4.27. The number of benzene rings is 2. The van der Waals surface area contributed by atoms with Gasteiger partial charge in [0.05, 0.1) is 6.04 Å². The Hall–Kier alpha value is -3.02. The SMILES string of the molecule is CC(NC(=O)c1cc2c(F)cccc2[nH]1)c1ccc2c(c1)OCCO2. The molecular formula is C19H17FN2O3. The van der Waals surface area contributed by atoms with Crippen LogP contribution in [-0.4, -0.2) is 24.1 Å². The van der Waals surface area contributed by atoms with Crippen LogP contribution in [0.15, 0.2) is 42.5 Å². The zero-order valence-electron chi connectivity index (χ0n) is 13.6. The van der Waals surface area contributed by atoms with Crippen LogP contribution in [0.2, 0.25) is 0 Å². The summed E-state index contributed by atoms with van der Waals surface area (Å²) in [6.45, 7) is 2.93. The molecule has 25 heavy (non-hydrogen) atoms. The summed E-state index contributed by atoms with van der Waals surface area (Å²) in [5.74, 6) is 0.739. The van der Waals surface area contributed by atoms with E-state index in [9.17, 15) is 9.18 Å². The highest BCUT2D eigenvalue weighted by molar-refractivity contribution is 5.98. The maximum absolute atomic E-state index is 13.8. The fraction of sp³-hybridized carbons (Fsp3) is 0.211. The molecule has 0 aliphatic carbocycles. The number of hydrogen-bond donors (Lipinski definition) is 2. The minimum Gasteiger partial charge on any atom is -0.486 e. The highest BCUT2D eigenvalue weighted by Gasteiger charge is 2.18. The van der Waals surface area contributed by atoms with Gasteiger partial charge in [0.15, 0.2) is 11.5 Å². The molecule has 0 fully saturated rings. The number of aromatic amines is 1. The van der Waals surface area contributed by atoms with Crippen molar-refractivity contribution in [2.45, 2.75) is 13.0 Å². The highest BCUT2D eigenvalue weighted by Crippen LogP contribution is 2.32. The number of halogens is 1. The topological polar surface area (TPSA) is 63.4 Å². The van der Waals surface area contributed by atoms with E-state index in [-0.39, 0.29) is 17.8 Å². The van der Waals surface area contributed by atoms with Crippen LogP contribution in [0.4, 0.5) is 4.39 Å². The van der Waals surface area contributed by atoms with Crippen molar-refractivity contribution in [2.24, 2.45) is 0 Å². The normalized spacial score (nSPS) is 14.3. The zero-order valence-corrected chi connectivity index (χ0v) is 13.6. The second kappa shape index (κ2) is 6.12. The van der Waals surface area contributed by atoms with Gasteiger partial charge < -0.3 is 19.8 Å². The van der Waals surface area contributed by atoms with Crippen LogP contribution in [0.25, 0.3) is 10.9 Å². The molecule has 2 heterocycles. The van der Waals surface area contributed by atoms with Gasteiger partial charge in [-0.05, 0) is 42.8 Å². The van der Waals surface area contributed by atoms with Gasteiger partial charge in [-0.2, -0.15) is 0 Å². The predicted octanol–water partition coefficient (Wildman–Crippen LogP) is 3.57. The Labute approximate surface area is 143 Å². The molecule has 0 bridgehead atoms. The maximum Gasteiger partial charge on any atom is 0.268 e. The standard InChI is InChI=1S/C19H17FN2O3/c1-11(12-5-6-17-18(9-12)25-8-7-24-17)21-19(23)16-10-13-14(20)3-2-4-15(13)22-16/h2-6,9-11,22H,7-8H2,1H3,(H,21,23).